The summed E-state index contributed by atoms with van der Waals surface area (Å²) in [6.45, 7) is 6.54. The van der Waals surface area contributed by atoms with Crippen molar-refractivity contribution in [3.63, 3.8) is 0 Å². The normalized spacial score (nSPS) is 19.0. The zero-order valence-electron chi connectivity index (χ0n) is 6.35. The molecular weight excluding hydrogens is 112 g/mol. The first-order valence-corrected chi connectivity index (χ1v) is 3.88. The van der Waals surface area contributed by atoms with E-state index in [1.807, 2.05) is 0 Å². The standard InChI is InChI=1S/C7H16N2/c1-3-8-9(4-2)7-5-6-7/h7-8H,3-6H2,1-2H3. The van der Waals surface area contributed by atoms with Crippen molar-refractivity contribution in [3.05, 3.63) is 0 Å². The van der Waals surface area contributed by atoms with E-state index in [1.54, 1.807) is 0 Å². The molecule has 54 valence electrons. The average Bonchev–Trinajstić information content (AvgIpc) is 2.64. The monoisotopic (exact) mass is 128 g/mol. The fourth-order valence-corrected chi connectivity index (χ4v) is 1.09. The van der Waals surface area contributed by atoms with Gasteiger partial charge in [0.05, 0.1) is 0 Å². The van der Waals surface area contributed by atoms with Gasteiger partial charge in [-0.25, -0.2) is 5.01 Å². The van der Waals surface area contributed by atoms with Crippen LogP contribution in [0.4, 0.5) is 0 Å². The fraction of sp³-hybridized carbons (Fsp3) is 1.00. The minimum absolute atomic E-state index is 0.856. The molecule has 0 aromatic heterocycles. The third-order valence-corrected chi connectivity index (χ3v) is 1.69. The van der Waals surface area contributed by atoms with Gasteiger partial charge in [0.15, 0.2) is 0 Å². The number of rotatable bonds is 4. The molecule has 0 bridgehead atoms. The summed E-state index contributed by atoms with van der Waals surface area (Å²) in [4.78, 5) is 0. The zero-order chi connectivity index (χ0) is 6.69. The minimum Gasteiger partial charge on any atom is -0.255 e. The van der Waals surface area contributed by atoms with Crippen LogP contribution in [0.25, 0.3) is 0 Å². The highest BCUT2D eigenvalue weighted by Crippen LogP contribution is 2.24. The lowest BCUT2D eigenvalue weighted by atomic mass is 10.6. The van der Waals surface area contributed by atoms with Gasteiger partial charge >= 0.3 is 0 Å². The maximum Gasteiger partial charge on any atom is 0.0244 e. The summed E-state index contributed by atoms with van der Waals surface area (Å²) in [6.07, 6.45) is 2.78. The Morgan fingerprint density at radius 3 is 2.44 bits per heavy atom. The molecule has 9 heavy (non-hydrogen) atoms. The SMILES string of the molecule is CCNN(CC)C1CC1. The van der Waals surface area contributed by atoms with Crippen molar-refractivity contribution in [2.24, 2.45) is 0 Å². The lowest BCUT2D eigenvalue weighted by molar-refractivity contribution is 0.192. The molecule has 0 heterocycles. The summed E-state index contributed by atoms with van der Waals surface area (Å²) in [6, 6.07) is 0.856. The molecule has 1 saturated carbocycles. The van der Waals surface area contributed by atoms with E-state index >= 15 is 0 Å². The molecule has 0 amide bonds. The van der Waals surface area contributed by atoms with Gasteiger partial charge in [0.2, 0.25) is 0 Å². The number of hydrogen-bond acceptors (Lipinski definition) is 2. The number of nitrogens with one attached hydrogen (secondary N) is 1. The lowest BCUT2D eigenvalue weighted by Gasteiger charge is -2.19. The third kappa shape index (κ3) is 1.95. The lowest BCUT2D eigenvalue weighted by Crippen LogP contribution is -2.39. The first-order chi connectivity index (χ1) is 4.38. The average molecular weight is 128 g/mol. The predicted octanol–water partition coefficient (Wildman–Crippen LogP) is 0.995. The molecule has 1 rings (SSSR count). The summed E-state index contributed by atoms with van der Waals surface area (Å²) in [5.41, 5.74) is 3.33. The van der Waals surface area contributed by atoms with Gasteiger partial charge in [-0.2, -0.15) is 0 Å². The molecule has 2 nitrogen and oxygen atoms in total. The molecular formula is C7H16N2. The molecule has 0 aromatic rings. The largest absolute Gasteiger partial charge is 0.255 e. The quantitative estimate of drug-likeness (QED) is 0.568. The Kier molecular flexibility index (Phi) is 2.49. The minimum atomic E-state index is 0.856. The summed E-state index contributed by atoms with van der Waals surface area (Å²) < 4.78 is 0. The Morgan fingerprint density at radius 2 is 2.11 bits per heavy atom. The highest BCUT2D eigenvalue weighted by molar-refractivity contribution is 4.81. The smallest absolute Gasteiger partial charge is 0.0244 e. The van der Waals surface area contributed by atoms with Crippen LogP contribution in [0.1, 0.15) is 26.7 Å². The third-order valence-electron chi connectivity index (χ3n) is 1.69. The molecule has 2 heteroatoms. The summed E-state index contributed by atoms with van der Waals surface area (Å²) in [5.74, 6) is 0. The van der Waals surface area contributed by atoms with E-state index in [9.17, 15) is 0 Å². The Bertz CT molecular complexity index is 79.0. The highest BCUT2D eigenvalue weighted by atomic mass is 15.5. The van der Waals surface area contributed by atoms with Crippen LogP contribution in [0.2, 0.25) is 0 Å². The second kappa shape index (κ2) is 3.18. The van der Waals surface area contributed by atoms with Crippen LogP contribution in [-0.2, 0) is 0 Å². The van der Waals surface area contributed by atoms with Crippen molar-refractivity contribution in [3.8, 4) is 0 Å². The number of hydrazine groups is 1. The van der Waals surface area contributed by atoms with E-state index < -0.39 is 0 Å². The van der Waals surface area contributed by atoms with Crippen LogP contribution < -0.4 is 5.43 Å². The topological polar surface area (TPSA) is 15.3 Å². The van der Waals surface area contributed by atoms with E-state index in [1.165, 1.54) is 12.8 Å². The molecule has 0 aromatic carbocycles. The Morgan fingerprint density at radius 1 is 1.44 bits per heavy atom. The van der Waals surface area contributed by atoms with Crippen molar-refractivity contribution in [2.75, 3.05) is 13.1 Å². The van der Waals surface area contributed by atoms with Crippen molar-refractivity contribution in [1.82, 2.24) is 10.4 Å². The number of nitrogens with zero attached hydrogens (tertiary/aromatic N) is 1. The van der Waals surface area contributed by atoms with E-state index in [4.69, 9.17) is 0 Å². The predicted molar refractivity (Wildman–Crippen MR) is 39.1 cm³/mol. The Hall–Kier alpha value is -0.0800. The van der Waals surface area contributed by atoms with Crippen LogP contribution in [0, 0.1) is 0 Å². The van der Waals surface area contributed by atoms with E-state index in [0.717, 1.165) is 19.1 Å². The summed E-state index contributed by atoms with van der Waals surface area (Å²) in [7, 11) is 0. The second-order valence-electron chi connectivity index (χ2n) is 2.53. The van der Waals surface area contributed by atoms with Gasteiger partial charge in [-0.15, -0.1) is 0 Å². The molecule has 0 atom stereocenters. The van der Waals surface area contributed by atoms with Gasteiger partial charge in [0, 0.05) is 19.1 Å². The molecule has 0 unspecified atom stereocenters. The van der Waals surface area contributed by atoms with E-state index in [-0.39, 0.29) is 0 Å². The molecule has 0 radical (unpaired) electrons. The van der Waals surface area contributed by atoms with Crippen LogP contribution in [0.5, 0.6) is 0 Å². The molecule has 1 fully saturated rings. The van der Waals surface area contributed by atoms with Gasteiger partial charge in [-0.05, 0) is 12.8 Å². The van der Waals surface area contributed by atoms with Gasteiger partial charge < -0.3 is 0 Å². The summed E-state index contributed by atoms with van der Waals surface area (Å²) >= 11 is 0. The zero-order valence-corrected chi connectivity index (χ0v) is 6.35. The first-order valence-electron chi connectivity index (χ1n) is 3.88. The van der Waals surface area contributed by atoms with Crippen molar-refractivity contribution >= 4 is 0 Å². The maximum absolute atomic E-state index is 3.33. The van der Waals surface area contributed by atoms with E-state index in [0.29, 0.717) is 0 Å². The molecule has 1 N–H and O–H groups in total. The highest BCUT2D eigenvalue weighted by Gasteiger charge is 2.26. The van der Waals surface area contributed by atoms with Gasteiger partial charge in [-0.1, -0.05) is 13.8 Å². The van der Waals surface area contributed by atoms with Crippen molar-refractivity contribution in [1.29, 1.82) is 0 Å². The maximum atomic E-state index is 3.33. The molecule has 0 aliphatic heterocycles. The Balaban J connectivity index is 2.12. The molecule has 1 aliphatic carbocycles. The van der Waals surface area contributed by atoms with Crippen LogP contribution >= 0.6 is 0 Å². The Labute approximate surface area is 57.2 Å². The van der Waals surface area contributed by atoms with Crippen LogP contribution in [0.3, 0.4) is 0 Å². The van der Waals surface area contributed by atoms with Gasteiger partial charge in [0.25, 0.3) is 0 Å². The van der Waals surface area contributed by atoms with Crippen molar-refractivity contribution < 1.29 is 0 Å². The first kappa shape index (κ1) is 7.03. The van der Waals surface area contributed by atoms with Crippen LogP contribution in [-0.4, -0.2) is 24.1 Å². The molecule has 0 spiro atoms. The van der Waals surface area contributed by atoms with E-state index in [2.05, 4.69) is 24.3 Å². The second-order valence-corrected chi connectivity index (χ2v) is 2.53. The molecule has 0 saturated heterocycles. The molecule has 1 aliphatic rings. The van der Waals surface area contributed by atoms with Gasteiger partial charge in [0.1, 0.15) is 0 Å². The summed E-state index contributed by atoms with van der Waals surface area (Å²) in [5, 5.41) is 2.33. The van der Waals surface area contributed by atoms with Gasteiger partial charge in [-0.3, -0.25) is 5.43 Å². The number of hydrogen-bond donors (Lipinski definition) is 1. The van der Waals surface area contributed by atoms with Crippen LogP contribution in [0.15, 0.2) is 0 Å². The van der Waals surface area contributed by atoms with Crippen molar-refractivity contribution in [2.45, 2.75) is 32.7 Å². The fourth-order valence-electron chi connectivity index (χ4n) is 1.09.